The summed E-state index contributed by atoms with van der Waals surface area (Å²) >= 11 is 0. The first kappa shape index (κ1) is 10.7. The molecule has 0 saturated carbocycles. The number of carbonyl (C=O) groups is 1. The SMILES string of the molecule is C=CC(=O)N[C@@H]1CN(c2ccn[nH]2)C[C@@H]1C. The van der Waals surface area contributed by atoms with Crippen molar-refractivity contribution in [2.45, 2.75) is 13.0 Å². The van der Waals surface area contributed by atoms with Crippen molar-refractivity contribution >= 4 is 11.7 Å². The van der Waals surface area contributed by atoms with Gasteiger partial charge in [-0.05, 0) is 12.0 Å². The molecule has 1 aliphatic heterocycles. The van der Waals surface area contributed by atoms with Crippen LogP contribution in [0.25, 0.3) is 0 Å². The van der Waals surface area contributed by atoms with E-state index in [-0.39, 0.29) is 11.9 Å². The molecule has 0 spiro atoms. The van der Waals surface area contributed by atoms with Gasteiger partial charge in [0.2, 0.25) is 5.91 Å². The van der Waals surface area contributed by atoms with Crippen molar-refractivity contribution in [1.29, 1.82) is 0 Å². The molecule has 2 rings (SSSR count). The van der Waals surface area contributed by atoms with Crippen molar-refractivity contribution in [1.82, 2.24) is 15.5 Å². The number of aromatic amines is 1. The van der Waals surface area contributed by atoms with Crippen LogP contribution in [0, 0.1) is 5.92 Å². The van der Waals surface area contributed by atoms with E-state index in [0.717, 1.165) is 18.9 Å². The molecule has 86 valence electrons. The van der Waals surface area contributed by atoms with Crippen LogP contribution in [0.2, 0.25) is 0 Å². The number of anilines is 1. The van der Waals surface area contributed by atoms with Crippen molar-refractivity contribution in [2.24, 2.45) is 5.92 Å². The molecule has 1 aromatic rings. The van der Waals surface area contributed by atoms with Crippen LogP contribution in [-0.2, 0) is 4.79 Å². The van der Waals surface area contributed by atoms with Gasteiger partial charge in [0.05, 0.1) is 12.2 Å². The molecule has 0 unspecified atom stereocenters. The summed E-state index contributed by atoms with van der Waals surface area (Å²) < 4.78 is 0. The third-order valence-corrected chi connectivity index (χ3v) is 2.95. The van der Waals surface area contributed by atoms with Crippen LogP contribution in [0.4, 0.5) is 5.82 Å². The summed E-state index contributed by atoms with van der Waals surface area (Å²) in [5.41, 5.74) is 0. The Kier molecular flexibility index (Phi) is 2.94. The van der Waals surface area contributed by atoms with Gasteiger partial charge in [0.25, 0.3) is 0 Å². The average molecular weight is 220 g/mol. The Hall–Kier alpha value is -1.78. The number of hydrogen-bond acceptors (Lipinski definition) is 3. The van der Waals surface area contributed by atoms with Crippen LogP contribution in [0.1, 0.15) is 6.92 Å². The molecule has 2 N–H and O–H groups in total. The van der Waals surface area contributed by atoms with Gasteiger partial charge in [-0.2, -0.15) is 5.10 Å². The van der Waals surface area contributed by atoms with Gasteiger partial charge in [-0.1, -0.05) is 13.5 Å². The van der Waals surface area contributed by atoms with E-state index in [4.69, 9.17) is 0 Å². The fraction of sp³-hybridized carbons (Fsp3) is 0.455. The minimum absolute atomic E-state index is 0.108. The standard InChI is InChI=1S/C11H16N4O/c1-3-11(16)13-9-7-15(6-8(9)2)10-4-5-12-14-10/h3-5,8-9H,1,6-7H2,2H3,(H,12,14)(H,13,16)/t8-,9+/m0/s1. The lowest BCUT2D eigenvalue weighted by atomic mass is 10.1. The van der Waals surface area contributed by atoms with Crippen molar-refractivity contribution < 1.29 is 4.79 Å². The monoisotopic (exact) mass is 220 g/mol. The van der Waals surface area contributed by atoms with E-state index in [2.05, 4.69) is 33.9 Å². The van der Waals surface area contributed by atoms with Gasteiger partial charge in [-0.3, -0.25) is 9.89 Å². The second-order valence-corrected chi connectivity index (χ2v) is 4.14. The number of H-pyrrole nitrogens is 1. The lowest BCUT2D eigenvalue weighted by Crippen LogP contribution is -2.38. The van der Waals surface area contributed by atoms with Gasteiger partial charge in [-0.15, -0.1) is 0 Å². The van der Waals surface area contributed by atoms with Crippen LogP contribution < -0.4 is 10.2 Å². The number of hydrogen-bond donors (Lipinski definition) is 2. The van der Waals surface area contributed by atoms with Gasteiger partial charge < -0.3 is 10.2 Å². The minimum Gasteiger partial charge on any atom is -0.355 e. The molecule has 1 fully saturated rings. The Balaban J connectivity index is 1.99. The molecule has 5 nitrogen and oxygen atoms in total. The zero-order valence-electron chi connectivity index (χ0n) is 9.31. The Labute approximate surface area is 94.5 Å². The van der Waals surface area contributed by atoms with Gasteiger partial charge in [0.15, 0.2) is 0 Å². The van der Waals surface area contributed by atoms with E-state index < -0.39 is 0 Å². The Morgan fingerprint density at radius 2 is 2.56 bits per heavy atom. The maximum atomic E-state index is 11.2. The molecule has 0 aromatic carbocycles. The lowest BCUT2D eigenvalue weighted by Gasteiger charge is -2.16. The predicted molar refractivity (Wildman–Crippen MR) is 62.1 cm³/mol. The maximum absolute atomic E-state index is 11.2. The van der Waals surface area contributed by atoms with Crippen LogP contribution in [-0.4, -0.2) is 35.2 Å². The fourth-order valence-corrected chi connectivity index (χ4v) is 2.02. The Morgan fingerprint density at radius 3 is 3.19 bits per heavy atom. The van der Waals surface area contributed by atoms with E-state index in [1.165, 1.54) is 6.08 Å². The number of amides is 1. The summed E-state index contributed by atoms with van der Waals surface area (Å²) in [6.07, 6.45) is 3.04. The van der Waals surface area contributed by atoms with E-state index in [9.17, 15) is 4.79 Å². The molecule has 2 heterocycles. The zero-order chi connectivity index (χ0) is 11.5. The van der Waals surface area contributed by atoms with Gasteiger partial charge >= 0.3 is 0 Å². The number of nitrogens with one attached hydrogen (secondary N) is 2. The zero-order valence-corrected chi connectivity index (χ0v) is 9.31. The third kappa shape index (κ3) is 2.08. The summed E-state index contributed by atoms with van der Waals surface area (Å²) in [6.45, 7) is 7.31. The first-order chi connectivity index (χ1) is 7.70. The summed E-state index contributed by atoms with van der Waals surface area (Å²) in [4.78, 5) is 13.4. The molecular formula is C11H16N4O. The van der Waals surface area contributed by atoms with Gasteiger partial charge in [0, 0.05) is 19.2 Å². The van der Waals surface area contributed by atoms with Crippen molar-refractivity contribution in [3.05, 3.63) is 24.9 Å². The lowest BCUT2D eigenvalue weighted by molar-refractivity contribution is -0.117. The first-order valence-corrected chi connectivity index (χ1v) is 5.38. The number of nitrogens with zero attached hydrogens (tertiary/aromatic N) is 2. The highest BCUT2D eigenvalue weighted by atomic mass is 16.1. The van der Waals surface area contributed by atoms with Crippen LogP contribution in [0.15, 0.2) is 24.9 Å². The molecule has 5 heteroatoms. The molecule has 1 aromatic heterocycles. The molecule has 16 heavy (non-hydrogen) atoms. The summed E-state index contributed by atoms with van der Waals surface area (Å²) in [7, 11) is 0. The van der Waals surface area contributed by atoms with E-state index >= 15 is 0 Å². The largest absolute Gasteiger partial charge is 0.355 e. The molecule has 0 bridgehead atoms. The summed E-state index contributed by atoms with van der Waals surface area (Å²) in [6, 6.07) is 2.11. The highest BCUT2D eigenvalue weighted by Crippen LogP contribution is 2.21. The second-order valence-electron chi connectivity index (χ2n) is 4.14. The number of aromatic nitrogens is 2. The smallest absolute Gasteiger partial charge is 0.243 e. The quantitative estimate of drug-likeness (QED) is 0.731. The Bertz CT molecular complexity index is 373. The Morgan fingerprint density at radius 1 is 1.75 bits per heavy atom. The van der Waals surface area contributed by atoms with Gasteiger partial charge in [0.1, 0.15) is 5.82 Å². The van der Waals surface area contributed by atoms with E-state index in [1.807, 2.05) is 6.07 Å². The molecule has 1 aliphatic rings. The first-order valence-electron chi connectivity index (χ1n) is 5.38. The average Bonchev–Trinajstić information content (AvgIpc) is 2.88. The number of carbonyl (C=O) groups excluding carboxylic acids is 1. The van der Waals surface area contributed by atoms with E-state index in [0.29, 0.717) is 5.92 Å². The van der Waals surface area contributed by atoms with Gasteiger partial charge in [-0.25, -0.2) is 0 Å². The third-order valence-electron chi connectivity index (χ3n) is 2.95. The van der Waals surface area contributed by atoms with Crippen LogP contribution >= 0.6 is 0 Å². The molecule has 2 atom stereocenters. The maximum Gasteiger partial charge on any atom is 0.243 e. The van der Waals surface area contributed by atoms with Crippen LogP contribution in [0.5, 0.6) is 0 Å². The number of rotatable bonds is 3. The summed E-state index contributed by atoms with van der Waals surface area (Å²) in [5.74, 6) is 1.32. The second kappa shape index (κ2) is 4.38. The minimum atomic E-state index is -0.108. The molecular weight excluding hydrogens is 204 g/mol. The van der Waals surface area contributed by atoms with Crippen molar-refractivity contribution in [3.63, 3.8) is 0 Å². The van der Waals surface area contributed by atoms with Crippen molar-refractivity contribution in [2.75, 3.05) is 18.0 Å². The molecule has 0 radical (unpaired) electrons. The highest BCUT2D eigenvalue weighted by molar-refractivity contribution is 5.87. The topological polar surface area (TPSA) is 61.0 Å². The molecule has 1 saturated heterocycles. The van der Waals surface area contributed by atoms with E-state index in [1.54, 1.807) is 6.20 Å². The van der Waals surface area contributed by atoms with Crippen molar-refractivity contribution in [3.8, 4) is 0 Å². The predicted octanol–water partition coefficient (Wildman–Crippen LogP) is 0.537. The fourth-order valence-electron chi connectivity index (χ4n) is 2.02. The molecule has 1 amide bonds. The highest BCUT2D eigenvalue weighted by Gasteiger charge is 2.30. The summed E-state index contributed by atoms with van der Waals surface area (Å²) in [5, 5.41) is 9.79. The van der Waals surface area contributed by atoms with Crippen LogP contribution in [0.3, 0.4) is 0 Å². The normalized spacial score (nSPS) is 24.4. The molecule has 0 aliphatic carbocycles.